The number of rotatable bonds is 4. The third kappa shape index (κ3) is 3.10. The summed E-state index contributed by atoms with van der Waals surface area (Å²) in [6, 6.07) is 11.3. The van der Waals surface area contributed by atoms with Gasteiger partial charge in [-0.15, -0.1) is 0 Å². The van der Waals surface area contributed by atoms with Crippen LogP contribution in [0.1, 0.15) is 24.2 Å². The lowest BCUT2D eigenvalue weighted by Crippen LogP contribution is -2.00. The monoisotopic (exact) mass is 262 g/mol. The molecule has 0 aliphatic heterocycles. The van der Waals surface area contributed by atoms with E-state index in [2.05, 4.69) is 0 Å². The van der Waals surface area contributed by atoms with Gasteiger partial charge in [0.1, 0.15) is 17.3 Å². The summed E-state index contributed by atoms with van der Waals surface area (Å²) >= 11 is 0. The van der Waals surface area contributed by atoms with Crippen LogP contribution in [0.25, 0.3) is 0 Å². The van der Waals surface area contributed by atoms with Gasteiger partial charge in [-0.1, -0.05) is 18.2 Å². The van der Waals surface area contributed by atoms with E-state index in [0.717, 1.165) is 0 Å². The molecule has 0 saturated heterocycles. The summed E-state index contributed by atoms with van der Waals surface area (Å²) < 4.78 is 19.3. The van der Waals surface area contributed by atoms with Gasteiger partial charge in [0.2, 0.25) is 0 Å². The topological polar surface area (TPSA) is 49.7 Å². The zero-order chi connectivity index (χ0) is 13.8. The molecule has 2 aromatic rings. The average molecular weight is 262 g/mol. The van der Waals surface area contributed by atoms with Gasteiger partial charge in [-0.3, -0.25) is 0 Å². The fraction of sp³-hybridized carbons (Fsp3) is 0.200. The van der Waals surface area contributed by atoms with Gasteiger partial charge < -0.3 is 14.9 Å². The number of aliphatic hydroxyl groups is 2. The number of benzene rings is 2. The number of hydrogen-bond donors (Lipinski definition) is 2. The first kappa shape index (κ1) is 13.5. The van der Waals surface area contributed by atoms with Crippen molar-refractivity contribution in [3.05, 3.63) is 59.4 Å². The van der Waals surface area contributed by atoms with Crippen molar-refractivity contribution >= 4 is 0 Å². The molecule has 0 bridgehead atoms. The minimum absolute atomic E-state index is 0.0936. The Kier molecular flexibility index (Phi) is 4.14. The Morgan fingerprint density at radius 1 is 1.21 bits per heavy atom. The summed E-state index contributed by atoms with van der Waals surface area (Å²) in [6.45, 7) is 1.39. The van der Waals surface area contributed by atoms with E-state index in [0.29, 0.717) is 11.3 Å². The van der Waals surface area contributed by atoms with Gasteiger partial charge in [0.05, 0.1) is 18.3 Å². The molecule has 0 aromatic heterocycles. The number of hydrogen-bond acceptors (Lipinski definition) is 3. The maximum atomic E-state index is 13.7. The van der Waals surface area contributed by atoms with Gasteiger partial charge in [0.25, 0.3) is 0 Å². The summed E-state index contributed by atoms with van der Waals surface area (Å²) in [7, 11) is 0. The molecule has 100 valence electrons. The summed E-state index contributed by atoms with van der Waals surface area (Å²) in [5.74, 6) is 0.245. The van der Waals surface area contributed by atoms with E-state index < -0.39 is 11.9 Å². The van der Waals surface area contributed by atoms with Crippen molar-refractivity contribution in [1.82, 2.24) is 0 Å². The van der Waals surface area contributed by atoms with Crippen molar-refractivity contribution in [3.63, 3.8) is 0 Å². The zero-order valence-electron chi connectivity index (χ0n) is 10.5. The molecular formula is C15H15FO3. The van der Waals surface area contributed by atoms with E-state index in [-0.39, 0.29) is 17.9 Å². The second kappa shape index (κ2) is 5.82. The number of aliphatic hydroxyl groups excluding tert-OH is 2. The first-order valence-electron chi connectivity index (χ1n) is 5.96. The highest BCUT2D eigenvalue weighted by molar-refractivity contribution is 5.40. The molecule has 4 heteroatoms. The maximum absolute atomic E-state index is 13.7. The Balaban J connectivity index is 2.35. The van der Waals surface area contributed by atoms with Crippen LogP contribution in [0, 0.1) is 5.82 Å². The second-order valence-electron chi connectivity index (χ2n) is 4.24. The average Bonchev–Trinajstić information content (AvgIpc) is 2.38. The van der Waals surface area contributed by atoms with Crippen LogP contribution in [0.2, 0.25) is 0 Å². The minimum atomic E-state index is -0.961. The Morgan fingerprint density at radius 3 is 2.63 bits per heavy atom. The largest absolute Gasteiger partial charge is 0.457 e. The quantitative estimate of drug-likeness (QED) is 0.889. The van der Waals surface area contributed by atoms with Crippen LogP contribution >= 0.6 is 0 Å². The molecule has 0 spiro atoms. The van der Waals surface area contributed by atoms with Gasteiger partial charge in [-0.25, -0.2) is 4.39 Å². The van der Waals surface area contributed by atoms with Crippen LogP contribution in [0.15, 0.2) is 42.5 Å². The lowest BCUT2D eigenvalue weighted by molar-refractivity contribution is 0.190. The summed E-state index contributed by atoms with van der Waals surface area (Å²) in [5.41, 5.74) is 0.824. The predicted molar refractivity (Wildman–Crippen MR) is 69.5 cm³/mol. The lowest BCUT2D eigenvalue weighted by atomic mass is 10.1. The third-order valence-electron chi connectivity index (χ3n) is 2.74. The first-order valence-corrected chi connectivity index (χ1v) is 5.96. The normalized spacial score (nSPS) is 12.2. The van der Waals surface area contributed by atoms with E-state index >= 15 is 0 Å². The Labute approximate surface area is 110 Å². The van der Waals surface area contributed by atoms with Gasteiger partial charge in [0, 0.05) is 0 Å². The molecule has 2 rings (SSSR count). The lowest BCUT2D eigenvalue weighted by Gasteiger charge is -2.14. The second-order valence-corrected chi connectivity index (χ2v) is 4.24. The summed E-state index contributed by atoms with van der Waals surface area (Å²) in [4.78, 5) is 0. The van der Waals surface area contributed by atoms with Crippen LogP contribution in [-0.2, 0) is 6.61 Å². The number of halogens is 1. The molecule has 19 heavy (non-hydrogen) atoms. The molecule has 0 aliphatic rings. The minimum Gasteiger partial charge on any atom is -0.457 e. The van der Waals surface area contributed by atoms with Gasteiger partial charge in [-0.05, 0) is 36.8 Å². The van der Waals surface area contributed by atoms with Crippen molar-refractivity contribution in [1.29, 1.82) is 0 Å². The molecule has 1 atom stereocenters. The highest BCUT2D eigenvalue weighted by atomic mass is 19.1. The van der Waals surface area contributed by atoms with Crippen LogP contribution in [0.5, 0.6) is 11.5 Å². The van der Waals surface area contributed by atoms with Crippen molar-refractivity contribution < 1.29 is 19.3 Å². The van der Waals surface area contributed by atoms with Crippen molar-refractivity contribution in [2.45, 2.75) is 19.6 Å². The molecular weight excluding hydrogens is 247 g/mol. The van der Waals surface area contributed by atoms with Crippen molar-refractivity contribution in [2.24, 2.45) is 0 Å². The molecule has 3 nitrogen and oxygen atoms in total. The standard InChI is InChI=1S/C15H15FO3/c1-10(18)15-13(16)6-3-7-14(15)19-12-5-2-4-11(8-12)9-17/h2-8,10,17-18H,9H2,1H3/t10-/m0/s1. The molecule has 0 amide bonds. The SMILES string of the molecule is C[C@H](O)c1c(F)cccc1Oc1cccc(CO)c1. The van der Waals surface area contributed by atoms with E-state index in [9.17, 15) is 9.50 Å². The van der Waals surface area contributed by atoms with Gasteiger partial charge in [0.15, 0.2) is 0 Å². The van der Waals surface area contributed by atoms with Crippen LogP contribution in [-0.4, -0.2) is 10.2 Å². The molecule has 2 N–H and O–H groups in total. The van der Waals surface area contributed by atoms with Crippen LogP contribution in [0.3, 0.4) is 0 Å². The van der Waals surface area contributed by atoms with Crippen molar-refractivity contribution in [3.8, 4) is 11.5 Å². The highest BCUT2D eigenvalue weighted by Gasteiger charge is 2.15. The molecule has 0 saturated carbocycles. The fourth-order valence-corrected chi connectivity index (χ4v) is 1.85. The maximum Gasteiger partial charge on any atom is 0.136 e. The Bertz CT molecular complexity index is 567. The highest BCUT2D eigenvalue weighted by Crippen LogP contribution is 2.31. The van der Waals surface area contributed by atoms with Crippen LogP contribution < -0.4 is 4.74 Å². The van der Waals surface area contributed by atoms with E-state index in [1.165, 1.54) is 19.1 Å². The van der Waals surface area contributed by atoms with E-state index in [1.807, 2.05) is 0 Å². The molecule has 0 radical (unpaired) electrons. The zero-order valence-corrected chi connectivity index (χ0v) is 10.5. The smallest absolute Gasteiger partial charge is 0.136 e. The molecule has 0 unspecified atom stereocenters. The Hall–Kier alpha value is -1.91. The molecule has 0 fully saturated rings. The predicted octanol–water partition coefficient (Wildman–Crippen LogP) is 3.16. The van der Waals surface area contributed by atoms with Crippen LogP contribution in [0.4, 0.5) is 4.39 Å². The third-order valence-corrected chi connectivity index (χ3v) is 2.74. The molecule has 2 aromatic carbocycles. The Morgan fingerprint density at radius 2 is 1.95 bits per heavy atom. The van der Waals surface area contributed by atoms with Gasteiger partial charge in [-0.2, -0.15) is 0 Å². The molecule has 0 aliphatic carbocycles. The first-order chi connectivity index (χ1) is 9.11. The summed E-state index contributed by atoms with van der Waals surface area (Å²) in [5, 5.41) is 18.7. The van der Waals surface area contributed by atoms with Gasteiger partial charge >= 0.3 is 0 Å². The van der Waals surface area contributed by atoms with E-state index in [1.54, 1.807) is 30.3 Å². The van der Waals surface area contributed by atoms with E-state index in [4.69, 9.17) is 9.84 Å². The number of ether oxygens (including phenoxy) is 1. The fourth-order valence-electron chi connectivity index (χ4n) is 1.85. The van der Waals surface area contributed by atoms with Crippen molar-refractivity contribution in [2.75, 3.05) is 0 Å². The molecule has 0 heterocycles. The summed E-state index contributed by atoms with van der Waals surface area (Å²) in [6.07, 6.45) is -0.961.